The molecule has 0 radical (unpaired) electrons. The molecule has 0 aliphatic rings. The third kappa shape index (κ3) is 5.48. The molecule has 0 unspecified atom stereocenters. The number of rotatable bonds is 4. The van der Waals surface area contributed by atoms with Gasteiger partial charge in [-0.25, -0.2) is 9.78 Å². The van der Waals surface area contributed by atoms with Crippen molar-refractivity contribution in [3.05, 3.63) is 76.9 Å². The highest BCUT2D eigenvalue weighted by molar-refractivity contribution is 6.30. The Kier molecular flexibility index (Phi) is 6.09. The van der Waals surface area contributed by atoms with E-state index in [1.165, 1.54) is 6.20 Å². The van der Waals surface area contributed by atoms with E-state index < -0.39 is 6.03 Å². The fraction of sp³-hybridized carbons (Fsp3) is 0.217. The molecule has 0 saturated carbocycles. The van der Waals surface area contributed by atoms with Gasteiger partial charge in [-0.15, -0.1) is 0 Å². The van der Waals surface area contributed by atoms with Crippen molar-refractivity contribution in [1.82, 2.24) is 4.98 Å². The number of aryl methyl sites for hydroxylation is 1. The zero-order valence-electron chi connectivity index (χ0n) is 16.9. The predicted molar refractivity (Wildman–Crippen MR) is 118 cm³/mol. The number of anilines is 2. The van der Waals surface area contributed by atoms with Gasteiger partial charge in [0.1, 0.15) is 11.4 Å². The molecule has 0 bridgehead atoms. The first kappa shape index (κ1) is 20.7. The summed E-state index contributed by atoms with van der Waals surface area (Å²) in [5, 5.41) is 5.95. The van der Waals surface area contributed by atoms with E-state index in [9.17, 15) is 4.79 Å². The Morgan fingerprint density at radius 3 is 2.41 bits per heavy atom. The first-order valence-corrected chi connectivity index (χ1v) is 9.68. The number of carbonyl (C=O) groups is 1. The largest absolute Gasteiger partial charge is 0.437 e. The minimum absolute atomic E-state index is 0.112. The van der Waals surface area contributed by atoms with E-state index in [0.29, 0.717) is 22.1 Å². The number of hydrogen-bond acceptors (Lipinski definition) is 3. The summed E-state index contributed by atoms with van der Waals surface area (Å²) < 4.78 is 6.08. The predicted octanol–water partition coefficient (Wildman–Crippen LogP) is 6.78. The van der Waals surface area contributed by atoms with E-state index in [0.717, 1.165) is 11.1 Å². The Hall–Kier alpha value is -3.05. The van der Waals surface area contributed by atoms with E-state index >= 15 is 0 Å². The zero-order valence-corrected chi connectivity index (χ0v) is 17.7. The minimum Gasteiger partial charge on any atom is -0.437 e. The maximum Gasteiger partial charge on any atom is 0.323 e. The molecule has 2 aromatic carbocycles. The molecule has 3 rings (SSSR count). The van der Waals surface area contributed by atoms with Gasteiger partial charge in [0.25, 0.3) is 0 Å². The van der Waals surface area contributed by atoms with Crippen molar-refractivity contribution in [2.24, 2.45) is 0 Å². The van der Waals surface area contributed by atoms with Crippen LogP contribution in [-0.4, -0.2) is 11.0 Å². The van der Waals surface area contributed by atoms with Crippen LogP contribution in [0.2, 0.25) is 5.02 Å². The fourth-order valence-electron chi connectivity index (χ4n) is 2.80. The number of ether oxygens (including phenoxy) is 1. The number of nitrogens with zero attached hydrogens (tertiary/aromatic N) is 1. The van der Waals surface area contributed by atoms with E-state index in [1.807, 2.05) is 55.5 Å². The molecule has 150 valence electrons. The van der Waals surface area contributed by atoms with Crippen LogP contribution in [0.3, 0.4) is 0 Å². The van der Waals surface area contributed by atoms with Gasteiger partial charge in [-0.1, -0.05) is 68.3 Å². The van der Waals surface area contributed by atoms with Crippen LogP contribution in [0.5, 0.6) is 11.6 Å². The minimum atomic E-state index is -0.410. The summed E-state index contributed by atoms with van der Waals surface area (Å²) in [6, 6.07) is 16.5. The number of carbonyl (C=O) groups excluding carboxylic acids is 1. The summed E-state index contributed by atoms with van der Waals surface area (Å²) in [5.74, 6) is 0.946. The van der Waals surface area contributed by atoms with E-state index in [1.54, 1.807) is 6.07 Å². The number of pyridine rings is 1. The van der Waals surface area contributed by atoms with Crippen LogP contribution in [-0.2, 0) is 5.41 Å². The Bertz CT molecular complexity index is 1010. The average molecular weight is 410 g/mol. The lowest BCUT2D eigenvalue weighted by molar-refractivity contribution is 0.262. The molecule has 0 spiro atoms. The number of aromatic nitrogens is 1. The van der Waals surface area contributed by atoms with E-state index in [2.05, 4.69) is 36.4 Å². The van der Waals surface area contributed by atoms with Gasteiger partial charge in [0.05, 0.1) is 5.02 Å². The smallest absolute Gasteiger partial charge is 0.323 e. The number of urea groups is 1. The molecule has 5 nitrogen and oxygen atoms in total. The number of amides is 2. The van der Waals surface area contributed by atoms with Crippen molar-refractivity contribution >= 4 is 29.0 Å². The first-order valence-electron chi connectivity index (χ1n) is 9.30. The molecule has 0 aliphatic heterocycles. The molecule has 2 amide bonds. The highest BCUT2D eigenvalue weighted by atomic mass is 35.5. The van der Waals surface area contributed by atoms with Gasteiger partial charge in [-0.3, -0.25) is 0 Å². The monoisotopic (exact) mass is 409 g/mol. The van der Waals surface area contributed by atoms with Crippen LogP contribution in [0, 0.1) is 6.92 Å². The molecule has 0 saturated heterocycles. The summed E-state index contributed by atoms with van der Waals surface area (Å²) in [6.45, 7) is 8.32. The number of halogens is 1. The molecule has 1 aromatic heterocycles. The Labute approximate surface area is 176 Å². The van der Waals surface area contributed by atoms with Crippen molar-refractivity contribution in [2.45, 2.75) is 33.1 Å². The summed E-state index contributed by atoms with van der Waals surface area (Å²) >= 11 is 6.09. The summed E-state index contributed by atoms with van der Waals surface area (Å²) in [5.41, 5.74) is 3.10. The van der Waals surface area contributed by atoms with Crippen molar-refractivity contribution < 1.29 is 9.53 Å². The highest BCUT2D eigenvalue weighted by Gasteiger charge is 2.20. The number of benzene rings is 2. The second-order valence-electron chi connectivity index (χ2n) is 7.80. The Morgan fingerprint density at radius 1 is 1.03 bits per heavy atom. The van der Waals surface area contributed by atoms with E-state index in [-0.39, 0.29) is 11.3 Å². The van der Waals surface area contributed by atoms with Crippen LogP contribution < -0.4 is 15.4 Å². The quantitative estimate of drug-likeness (QED) is 0.499. The molecular formula is C23H24ClN3O2. The van der Waals surface area contributed by atoms with Gasteiger partial charge in [0.2, 0.25) is 5.88 Å². The SMILES string of the molecule is Cc1ccc(NC(=O)Nc2cc(Cl)cnc2Oc2ccccc2C(C)(C)C)cc1. The molecule has 3 aromatic rings. The second kappa shape index (κ2) is 8.53. The molecule has 6 heteroatoms. The average Bonchev–Trinajstić information content (AvgIpc) is 2.65. The molecular weight excluding hydrogens is 386 g/mol. The molecule has 0 aliphatic carbocycles. The highest BCUT2D eigenvalue weighted by Crippen LogP contribution is 2.36. The maximum atomic E-state index is 12.5. The maximum absolute atomic E-state index is 12.5. The lowest BCUT2D eigenvalue weighted by Crippen LogP contribution is -2.20. The topological polar surface area (TPSA) is 63.2 Å². The number of nitrogens with one attached hydrogen (secondary N) is 2. The molecule has 0 fully saturated rings. The third-order valence-corrected chi connectivity index (χ3v) is 4.48. The summed E-state index contributed by atoms with van der Waals surface area (Å²) in [6.07, 6.45) is 1.49. The number of para-hydroxylation sites is 1. The van der Waals surface area contributed by atoms with Crippen LogP contribution in [0.1, 0.15) is 31.9 Å². The second-order valence-corrected chi connectivity index (χ2v) is 8.24. The van der Waals surface area contributed by atoms with Crippen molar-refractivity contribution in [2.75, 3.05) is 10.6 Å². The lowest BCUT2D eigenvalue weighted by Gasteiger charge is -2.22. The van der Waals surface area contributed by atoms with Gasteiger partial charge in [-0.05, 0) is 36.6 Å². The standard InChI is InChI=1S/C23H24ClN3O2/c1-15-9-11-17(12-10-15)26-22(28)27-19-13-16(24)14-25-21(19)29-20-8-6-5-7-18(20)23(2,3)4/h5-14H,1-4H3,(H2,26,27,28). The van der Waals surface area contributed by atoms with Crippen LogP contribution >= 0.6 is 11.6 Å². The van der Waals surface area contributed by atoms with Gasteiger partial charge >= 0.3 is 6.03 Å². The molecule has 29 heavy (non-hydrogen) atoms. The van der Waals surface area contributed by atoms with Gasteiger partial charge < -0.3 is 15.4 Å². The van der Waals surface area contributed by atoms with Gasteiger partial charge in [-0.2, -0.15) is 0 Å². The molecule has 2 N–H and O–H groups in total. The van der Waals surface area contributed by atoms with E-state index in [4.69, 9.17) is 16.3 Å². The molecule has 0 atom stereocenters. The zero-order chi connectivity index (χ0) is 21.0. The van der Waals surface area contributed by atoms with Crippen LogP contribution in [0.25, 0.3) is 0 Å². The first-order chi connectivity index (χ1) is 13.7. The summed E-state index contributed by atoms with van der Waals surface area (Å²) in [7, 11) is 0. The van der Waals surface area contributed by atoms with Gasteiger partial charge in [0, 0.05) is 17.4 Å². The van der Waals surface area contributed by atoms with Crippen molar-refractivity contribution in [1.29, 1.82) is 0 Å². The van der Waals surface area contributed by atoms with Crippen LogP contribution in [0.4, 0.5) is 16.2 Å². The van der Waals surface area contributed by atoms with Crippen molar-refractivity contribution in [3.63, 3.8) is 0 Å². The number of hydrogen-bond donors (Lipinski definition) is 2. The summed E-state index contributed by atoms with van der Waals surface area (Å²) in [4.78, 5) is 16.7. The Morgan fingerprint density at radius 2 is 1.72 bits per heavy atom. The third-order valence-electron chi connectivity index (χ3n) is 4.28. The van der Waals surface area contributed by atoms with Crippen molar-refractivity contribution in [3.8, 4) is 11.6 Å². The lowest BCUT2D eigenvalue weighted by atomic mass is 9.86. The normalized spacial score (nSPS) is 11.1. The van der Waals surface area contributed by atoms with Crippen LogP contribution in [0.15, 0.2) is 60.8 Å². The van der Waals surface area contributed by atoms with Gasteiger partial charge in [0.15, 0.2) is 0 Å². The Balaban J connectivity index is 1.83. The fourth-order valence-corrected chi connectivity index (χ4v) is 2.96. The molecule has 1 heterocycles.